The number of ether oxygens (including phenoxy) is 1. The molecule has 1 aliphatic heterocycles. The van der Waals surface area contributed by atoms with Gasteiger partial charge in [-0.25, -0.2) is 13.1 Å². The van der Waals surface area contributed by atoms with Crippen LogP contribution >= 0.6 is 0 Å². The summed E-state index contributed by atoms with van der Waals surface area (Å²) in [6.07, 6.45) is 0.431. The van der Waals surface area contributed by atoms with E-state index in [1.807, 2.05) is 43.3 Å². The summed E-state index contributed by atoms with van der Waals surface area (Å²) in [6, 6.07) is 19.5. The topological polar surface area (TPSA) is 72.5 Å². The first-order valence-corrected chi connectivity index (χ1v) is 10.2. The van der Waals surface area contributed by atoms with Crippen LogP contribution in [0.1, 0.15) is 18.9 Å². The molecule has 27 heavy (non-hydrogen) atoms. The van der Waals surface area contributed by atoms with Crippen LogP contribution in [0.15, 0.2) is 71.6 Å². The Hall–Kier alpha value is -2.86. The molecular weight excluding hydrogens is 362 g/mol. The standard InChI is InChI=1S/C21H19NO4S/c1-2-21(14-26-18-12-6-5-11-17(18)21)20(23)22-27(24,25)19-13-7-9-15-8-3-4-10-16(15)19/h3-13H,2,14H2,1H3,(H,22,23). The molecule has 138 valence electrons. The van der Waals surface area contributed by atoms with Crippen LogP contribution in [0.5, 0.6) is 5.75 Å². The van der Waals surface area contributed by atoms with Gasteiger partial charge in [0.15, 0.2) is 0 Å². The second kappa shape index (κ2) is 6.39. The summed E-state index contributed by atoms with van der Waals surface area (Å²) in [5.41, 5.74) is -0.299. The van der Waals surface area contributed by atoms with Crippen LogP contribution in [0.25, 0.3) is 10.8 Å². The zero-order valence-electron chi connectivity index (χ0n) is 14.8. The number of rotatable bonds is 4. The highest BCUT2D eigenvalue weighted by Crippen LogP contribution is 2.41. The van der Waals surface area contributed by atoms with Crippen LogP contribution in [0, 0.1) is 0 Å². The lowest BCUT2D eigenvalue weighted by atomic mass is 9.79. The lowest BCUT2D eigenvalue weighted by Crippen LogP contribution is -2.47. The van der Waals surface area contributed by atoms with Crippen LogP contribution in [-0.4, -0.2) is 20.9 Å². The minimum absolute atomic E-state index is 0.0902. The van der Waals surface area contributed by atoms with Gasteiger partial charge in [0.2, 0.25) is 5.91 Å². The molecule has 0 spiro atoms. The average Bonchev–Trinajstić information content (AvgIpc) is 3.07. The summed E-state index contributed by atoms with van der Waals surface area (Å²) >= 11 is 0. The second-order valence-corrected chi connectivity index (χ2v) is 8.28. The van der Waals surface area contributed by atoms with Crippen molar-refractivity contribution in [1.82, 2.24) is 4.72 Å². The molecule has 0 saturated carbocycles. The lowest BCUT2D eigenvalue weighted by molar-refractivity contribution is -0.125. The van der Waals surface area contributed by atoms with E-state index in [-0.39, 0.29) is 11.5 Å². The van der Waals surface area contributed by atoms with Crippen LogP contribution < -0.4 is 9.46 Å². The van der Waals surface area contributed by atoms with Crippen LogP contribution in [0.2, 0.25) is 0 Å². The molecule has 4 rings (SSSR count). The summed E-state index contributed by atoms with van der Waals surface area (Å²) in [5, 5.41) is 1.38. The minimum atomic E-state index is -4.03. The van der Waals surface area contributed by atoms with Gasteiger partial charge in [0.1, 0.15) is 17.8 Å². The van der Waals surface area contributed by atoms with E-state index in [4.69, 9.17) is 4.74 Å². The fourth-order valence-electron chi connectivity index (χ4n) is 3.61. The Balaban J connectivity index is 1.74. The van der Waals surface area contributed by atoms with Crippen molar-refractivity contribution < 1.29 is 17.9 Å². The molecule has 0 aromatic heterocycles. The van der Waals surface area contributed by atoms with Crippen molar-refractivity contribution in [3.05, 3.63) is 72.3 Å². The molecule has 0 aliphatic carbocycles. The molecule has 0 saturated heterocycles. The zero-order chi connectivity index (χ0) is 19.1. The number of hydrogen-bond acceptors (Lipinski definition) is 4. The number of para-hydroxylation sites is 1. The third-order valence-corrected chi connectivity index (χ3v) is 6.57. The first-order valence-electron chi connectivity index (χ1n) is 8.75. The lowest BCUT2D eigenvalue weighted by Gasteiger charge is -2.25. The van der Waals surface area contributed by atoms with Gasteiger partial charge in [-0.2, -0.15) is 0 Å². The molecule has 6 heteroatoms. The van der Waals surface area contributed by atoms with Crippen molar-refractivity contribution in [3.63, 3.8) is 0 Å². The van der Waals surface area contributed by atoms with Gasteiger partial charge in [-0.1, -0.05) is 61.5 Å². The molecule has 1 unspecified atom stereocenters. The van der Waals surface area contributed by atoms with Gasteiger partial charge in [-0.15, -0.1) is 0 Å². The summed E-state index contributed by atoms with van der Waals surface area (Å²) in [6.45, 7) is 1.98. The molecular formula is C21H19NO4S. The smallest absolute Gasteiger partial charge is 0.264 e. The Morgan fingerprint density at radius 3 is 2.56 bits per heavy atom. The molecule has 1 atom stereocenters. The minimum Gasteiger partial charge on any atom is -0.492 e. The molecule has 0 bridgehead atoms. The summed E-state index contributed by atoms with van der Waals surface area (Å²) in [5.74, 6) is 0.0555. The summed E-state index contributed by atoms with van der Waals surface area (Å²) < 4.78 is 34.0. The quantitative estimate of drug-likeness (QED) is 0.752. The van der Waals surface area contributed by atoms with Crippen molar-refractivity contribution in [2.75, 3.05) is 6.61 Å². The number of fused-ring (bicyclic) bond motifs is 2. The maximum Gasteiger partial charge on any atom is 0.264 e. The molecule has 1 heterocycles. The first kappa shape index (κ1) is 17.5. The Labute approximate surface area is 158 Å². The number of nitrogens with one attached hydrogen (secondary N) is 1. The first-order chi connectivity index (χ1) is 13.0. The van der Waals surface area contributed by atoms with Crippen molar-refractivity contribution in [3.8, 4) is 5.75 Å². The molecule has 1 aliphatic rings. The predicted molar refractivity (Wildman–Crippen MR) is 103 cm³/mol. The van der Waals surface area contributed by atoms with Crippen LogP contribution in [-0.2, 0) is 20.2 Å². The van der Waals surface area contributed by atoms with Gasteiger partial charge in [-0.05, 0) is 23.9 Å². The number of amides is 1. The van der Waals surface area contributed by atoms with E-state index in [9.17, 15) is 13.2 Å². The SMILES string of the molecule is CCC1(C(=O)NS(=O)(=O)c2cccc3ccccc23)COc2ccccc21. The summed E-state index contributed by atoms with van der Waals surface area (Å²) in [7, 11) is -4.03. The number of hydrogen-bond donors (Lipinski definition) is 1. The van der Waals surface area contributed by atoms with E-state index in [0.717, 1.165) is 10.9 Å². The van der Waals surface area contributed by atoms with Gasteiger partial charge in [0, 0.05) is 10.9 Å². The van der Waals surface area contributed by atoms with Crippen molar-refractivity contribution >= 4 is 26.7 Å². The highest BCUT2D eigenvalue weighted by molar-refractivity contribution is 7.90. The Kier molecular flexibility index (Phi) is 4.15. The van der Waals surface area contributed by atoms with Gasteiger partial charge in [-0.3, -0.25) is 4.79 Å². The van der Waals surface area contributed by atoms with Gasteiger partial charge in [0.05, 0.1) is 4.90 Å². The van der Waals surface area contributed by atoms with Crippen molar-refractivity contribution in [2.24, 2.45) is 0 Å². The highest BCUT2D eigenvalue weighted by Gasteiger charge is 2.47. The number of carbonyl (C=O) groups excluding carboxylic acids is 1. The molecule has 0 radical (unpaired) electrons. The maximum absolute atomic E-state index is 13.1. The second-order valence-electron chi connectivity index (χ2n) is 6.63. The van der Waals surface area contributed by atoms with E-state index < -0.39 is 21.3 Å². The fourth-order valence-corrected chi connectivity index (χ4v) is 4.89. The van der Waals surface area contributed by atoms with E-state index in [1.54, 1.807) is 24.3 Å². The summed E-state index contributed by atoms with van der Waals surface area (Å²) in [4.78, 5) is 13.2. The van der Waals surface area contributed by atoms with Crippen molar-refractivity contribution in [1.29, 1.82) is 0 Å². The molecule has 3 aromatic rings. The van der Waals surface area contributed by atoms with E-state index in [0.29, 0.717) is 17.6 Å². The highest BCUT2D eigenvalue weighted by atomic mass is 32.2. The Bertz CT molecular complexity index is 1130. The monoisotopic (exact) mass is 381 g/mol. The third-order valence-electron chi connectivity index (χ3n) is 5.18. The Morgan fingerprint density at radius 2 is 1.74 bits per heavy atom. The molecule has 0 fully saturated rings. The number of carbonyl (C=O) groups is 1. The van der Waals surface area contributed by atoms with Gasteiger partial charge >= 0.3 is 0 Å². The molecule has 1 N–H and O–H groups in total. The fraction of sp³-hybridized carbons (Fsp3) is 0.190. The Morgan fingerprint density at radius 1 is 1.04 bits per heavy atom. The third kappa shape index (κ3) is 2.77. The zero-order valence-corrected chi connectivity index (χ0v) is 15.6. The van der Waals surface area contributed by atoms with Gasteiger partial charge in [0.25, 0.3) is 10.0 Å². The van der Waals surface area contributed by atoms with E-state index in [1.165, 1.54) is 6.07 Å². The maximum atomic E-state index is 13.1. The normalized spacial score (nSPS) is 18.7. The van der Waals surface area contributed by atoms with Gasteiger partial charge < -0.3 is 4.74 Å². The molecule has 1 amide bonds. The van der Waals surface area contributed by atoms with Crippen molar-refractivity contribution in [2.45, 2.75) is 23.7 Å². The van der Waals surface area contributed by atoms with E-state index >= 15 is 0 Å². The number of benzene rings is 3. The average molecular weight is 381 g/mol. The molecule has 3 aromatic carbocycles. The molecule has 5 nitrogen and oxygen atoms in total. The largest absolute Gasteiger partial charge is 0.492 e. The van der Waals surface area contributed by atoms with E-state index in [2.05, 4.69) is 4.72 Å². The van der Waals surface area contributed by atoms with Crippen LogP contribution in [0.3, 0.4) is 0 Å². The number of sulfonamides is 1. The van der Waals surface area contributed by atoms with Crippen LogP contribution in [0.4, 0.5) is 0 Å². The predicted octanol–water partition coefficient (Wildman–Crippen LogP) is 3.39.